The molecule has 5 rings (SSSR count). The van der Waals surface area contributed by atoms with Gasteiger partial charge in [0.05, 0.1) is 28.1 Å². The molecule has 1 aromatic heterocycles. The van der Waals surface area contributed by atoms with E-state index >= 15 is 0 Å². The zero-order chi connectivity index (χ0) is 34.7. The quantitative estimate of drug-likeness (QED) is 0.137. The Morgan fingerprint density at radius 1 is 0.854 bits per heavy atom. The summed E-state index contributed by atoms with van der Waals surface area (Å²) in [6.45, 7) is 0.795. The third kappa shape index (κ3) is 6.63. The summed E-state index contributed by atoms with van der Waals surface area (Å²) in [5.74, 6) is -3.32. The number of nitrogens with zero attached hydrogens (tertiary/aromatic N) is 4. The van der Waals surface area contributed by atoms with Crippen molar-refractivity contribution in [3.05, 3.63) is 127 Å². The van der Waals surface area contributed by atoms with Crippen LogP contribution in [0.3, 0.4) is 0 Å². The Balaban J connectivity index is 1.77. The van der Waals surface area contributed by atoms with Crippen LogP contribution in [0.15, 0.2) is 76.6 Å². The van der Waals surface area contributed by atoms with Crippen LogP contribution in [0.1, 0.15) is 53.3 Å². The SMILES string of the molecule is Cc1c2c(n(-c3cc(COO)cc(C(=O)O)c3)c(=O)/c1=C/C=C/c1ccc(N(C)C)cc1)=NN(c1cc(COO)cc(C(=O)O)c1)C2=O. The number of carboxylic acid groups (broad SMARTS) is 2. The molecule has 48 heavy (non-hydrogen) atoms. The van der Waals surface area contributed by atoms with Crippen molar-refractivity contribution >= 4 is 41.4 Å². The zero-order valence-electron chi connectivity index (χ0n) is 25.9. The maximum absolute atomic E-state index is 14.2. The Bertz CT molecular complexity index is 2150. The first kappa shape index (κ1) is 33.4. The van der Waals surface area contributed by atoms with Gasteiger partial charge in [0, 0.05) is 25.0 Å². The van der Waals surface area contributed by atoms with Gasteiger partial charge in [0.15, 0.2) is 5.49 Å². The maximum atomic E-state index is 14.2. The van der Waals surface area contributed by atoms with E-state index in [9.17, 15) is 29.4 Å². The number of anilines is 2. The first-order valence-electron chi connectivity index (χ1n) is 14.4. The monoisotopic (exact) mass is 654 g/mol. The first-order chi connectivity index (χ1) is 22.9. The molecule has 0 unspecified atom stereocenters. The van der Waals surface area contributed by atoms with Crippen molar-refractivity contribution in [2.24, 2.45) is 5.10 Å². The van der Waals surface area contributed by atoms with Crippen molar-refractivity contribution in [3.63, 3.8) is 0 Å². The molecule has 0 fully saturated rings. The molecule has 1 amide bonds. The number of hydrogen-bond donors (Lipinski definition) is 4. The Hall–Kier alpha value is -5.93. The second-order valence-corrected chi connectivity index (χ2v) is 11.0. The van der Waals surface area contributed by atoms with Gasteiger partial charge in [0.1, 0.15) is 13.2 Å². The number of pyridine rings is 1. The minimum Gasteiger partial charge on any atom is -0.478 e. The highest BCUT2D eigenvalue weighted by Gasteiger charge is 2.32. The third-order valence-corrected chi connectivity index (χ3v) is 7.62. The lowest BCUT2D eigenvalue weighted by molar-refractivity contribution is -0.253. The lowest BCUT2D eigenvalue weighted by Gasteiger charge is -2.14. The van der Waals surface area contributed by atoms with E-state index in [0.29, 0.717) is 0 Å². The van der Waals surface area contributed by atoms with Crippen molar-refractivity contribution < 1.29 is 44.9 Å². The Morgan fingerprint density at radius 2 is 1.42 bits per heavy atom. The fourth-order valence-electron chi connectivity index (χ4n) is 5.30. The van der Waals surface area contributed by atoms with Crippen molar-refractivity contribution in [2.45, 2.75) is 20.1 Å². The molecule has 246 valence electrons. The van der Waals surface area contributed by atoms with E-state index in [1.54, 1.807) is 19.1 Å². The van der Waals surface area contributed by atoms with E-state index < -0.39 is 30.0 Å². The molecule has 2 heterocycles. The molecular weight excluding hydrogens is 624 g/mol. The molecule has 0 saturated heterocycles. The molecule has 14 nitrogen and oxygen atoms in total. The highest BCUT2D eigenvalue weighted by molar-refractivity contribution is 6.08. The number of amides is 1. The standard InChI is InChI=1S/C34H30N4O10/c1-19-28(6-4-5-20-7-9-25(10-8-20)36(2)3)31(39)37(26-13-21(17-47-45)11-23(15-26)33(41)42)30-29(19)32(40)38(35-30)27-14-22(18-48-46)12-24(16-27)34(43)44/h4-16,45-46H,17-18H2,1-3H3,(H,41,42)(H,43,44)/b5-4+,28-6+. The number of rotatable bonds is 11. The molecule has 0 spiro atoms. The number of carbonyl (C=O) groups excluding carboxylic acids is 1. The highest BCUT2D eigenvalue weighted by atomic mass is 17.1. The average Bonchev–Trinajstić information content (AvgIpc) is 3.39. The topological polar surface area (TPSA) is 191 Å². The van der Waals surface area contributed by atoms with Gasteiger partial charge >= 0.3 is 11.9 Å². The predicted molar refractivity (Wildman–Crippen MR) is 174 cm³/mol. The summed E-state index contributed by atoms with van der Waals surface area (Å²) in [6, 6.07) is 15.4. The number of allylic oxidation sites excluding steroid dienone is 1. The molecule has 0 aliphatic carbocycles. The van der Waals surface area contributed by atoms with Gasteiger partial charge in [-0.2, -0.15) is 5.01 Å². The number of aromatic carboxylic acids is 2. The molecule has 0 bridgehead atoms. The molecule has 0 atom stereocenters. The average molecular weight is 655 g/mol. The second kappa shape index (κ2) is 13.8. The number of carbonyl (C=O) groups is 3. The maximum Gasteiger partial charge on any atom is 0.335 e. The van der Waals surface area contributed by atoms with Crippen LogP contribution in [-0.4, -0.2) is 57.2 Å². The molecule has 14 heteroatoms. The van der Waals surface area contributed by atoms with Gasteiger partial charge < -0.3 is 15.1 Å². The Labute approximate surface area is 272 Å². The molecule has 0 radical (unpaired) electrons. The number of benzene rings is 3. The smallest absolute Gasteiger partial charge is 0.335 e. The molecule has 4 N–H and O–H groups in total. The summed E-state index contributed by atoms with van der Waals surface area (Å²) in [4.78, 5) is 62.5. The van der Waals surface area contributed by atoms with E-state index in [1.807, 2.05) is 43.3 Å². The molecule has 3 aromatic carbocycles. The highest BCUT2D eigenvalue weighted by Crippen LogP contribution is 2.25. The van der Waals surface area contributed by atoms with Gasteiger partial charge in [-0.1, -0.05) is 24.3 Å². The molecule has 1 aliphatic rings. The van der Waals surface area contributed by atoms with Crippen LogP contribution in [0.2, 0.25) is 0 Å². The molecule has 0 saturated carbocycles. The Kier molecular flexibility index (Phi) is 9.63. The fraction of sp³-hybridized carbons (Fsp3) is 0.147. The largest absolute Gasteiger partial charge is 0.478 e. The normalized spacial score (nSPS) is 12.8. The molecular formula is C34H30N4O10. The second-order valence-electron chi connectivity index (χ2n) is 11.0. The molecule has 4 aromatic rings. The summed E-state index contributed by atoms with van der Waals surface area (Å²) in [5.41, 5.74) is 1.38. The number of carboxylic acids is 2. The van der Waals surface area contributed by atoms with Gasteiger partial charge in [0.2, 0.25) is 0 Å². The van der Waals surface area contributed by atoms with Gasteiger partial charge in [-0.15, -0.1) is 5.10 Å². The van der Waals surface area contributed by atoms with Gasteiger partial charge in [-0.25, -0.2) is 19.4 Å². The summed E-state index contributed by atoms with van der Waals surface area (Å²) >= 11 is 0. The van der Waals surface area contributed by atoms with Crippen molar-refractivity contribution in [3.8, 4) is 5.69 Å². The van der Waals surface area contributed by atoms with E-state index in [0.717, 1.165) is 20.8 Å². The summed E-state index contributed by atoms with van der Waals surface area (Å²) < 4.78 is 1.08. The minimum atomic E-state index is -1.32. The van der Waals surface area contributed by atoms with Crippen LogP contribution in [0.25, 0.3) is 17.8 Å². The Morgan fingerprint density at radius 3 is 1.96 bits per heavy atom. The summed E-state index contributed by atoms with van der Waals surface area (Å²) in [7, 11) is 3.85. The van der Waals surface area contributed by atoms with Gasteiger partial charge in [-0.3, -0.25) is 24.7 Å². The van der Waals surface area contributed by atoms with E-state index in [-0.39, 0.29) is 62.1 Å². The molecule has 1 aliphatic heterocycles. The number of aromatic nitrogens is 1. The third-order valence-electron chi connectivity index (χ3n) is 7.62. The minimum absolute atomic E-state index is 0.00552. The van der Waals surface area contributed by atoms with Crippen LogP contribution in [-0.2, 0) is 23.0 Å². The zero-order valence-corrected chi connectivity index (χ0v) is 25.9. The predicted octanol–water partition coefficient (Wildman–Crippen LogP) is 3.28. The first-order valence-corrected chi connectivity index (χ1v) is 14.4. The van der Waals surface area contributed by atoms with E-state index in [1.165, 1.54) is 42.5 Å². The van der Waals surface area contributed by atoms with Crippen LogP contribution in [0, 0.1) is 6.92 Å². The lowest BCUT2D eigenvalue weighted by Crippen LogP contribution is -2.45. The van der Waals surface area contributed by atoms with Crippen molar-refractivity contribution in [2.75, 3.05) is 24.0 Å². The number of hydrogen-bond acceptors (Lipinski definition) is 10. The summed E-state index contributed by atoms with van der Waals surface area (Å²) in [6.07, 6.45) is 4.96. The van der Waals surface area contributed by atoms with E-state index in [2.05, 4.69) is 14.9 Å². The fourth-order valence-corrected chi connectivity index (χ4v) is 5.30. The van der Waals surface area contributed by atoms with Gasteiger partial charge in [-0.05, 0) is 83.8 Å². The van der Waals surface area contributed by atoms with Crippen LogP contribution in [0.4, 0.5) is 11.4 Å². The van der Waals surface area contributed by atoms with Crippen LogP contribution in [0.5, 0.6) is 0 Å². The lowest BCUT2D eigenvalue weighted by atomic mass is 10.1. The number of fused-ring (bicyclic) bond motifs is 1. The summed E-state index contributed by atoms with van der Waals surface area (Å²) in [5, 5.41) is 43.0. The van der Waals surface area contributed by atoms with Gasteiger partial charge in [0.25, 0.3) is 11.5 Å². The van der Waals surface area contributed by atoms with Crippen molar-refractivity contribution in [1.29, 1.82) is 0 Å². The van der Waals surface area contributed by atoms with E-state index in [4.69, 9.17) is 10.5 Å². The van der Waals surface area contributed by atoms with Crippen LogP contribution >= 0.6 is 0 Å². The van der Waals surface area contributed by atoms with Crippen LogP contribution < -0.4 is 26.2 Å². The van der Waals surface area contributed by atoms with Crippen molar-refractivity contribution in [1.82, 2.24) is 4.57 Å².